The second-order valence-electron chi connectivity index (χ2n) is 8.22. The summed E-state index contributed by atoms with van der Waals surface area (Å²) >= 11 is 0. The lowest BCUT2D eigenvalue weighted by Crippen LogP contribution is -2.53. The lowest BCUT2D eigenvalue weighted by Gasteiger charge is -2.36. The second-order valence-corrected chi connectivity index (χ2v) is 8.22. The first-order valence-electron chi connectivity index (χ1n) is 10.6. The molecule has 6 nitrogen and oxygen atoms in total. The summed E-state index contributed by atoms with van der Waals surface area (Å²) in [6.45, 7) is 4.52. The Morgan fingerprint density at radius 3 is 2.00 bits per heavy atom. The van der Waals surface area contributed by atoms with Gasteiger partial charge in [-0.3, -0.25) is 14.4 Å². The van der Waals surface area contributed by atoms with E-state index in [2.05, 4.69) is 5.32 Å². The van der Waals surface area contributed by atoms with E-state index in [9.17, 15) is 23.2 Å². The van der Waals surface area contributed by atoms with Crippen LogP contribution in [0.4, 0.5) is 8.78 Å². The van der Waals surface area contributed by atoms with Gasteiger partial charge >= 0.3 is 0 Å². The van der Waals surface area contributed by atoms with Gasteiger partial charge < -0.3 is 15.1 Å². The van der Waals surface area contributed by atoms with E-state index in [-0.39, 0.29) is 43.9 Å². The molecule has 170 valence electrons. The Morgan fingerprint density at radius 2 is 1.44 bits per heavy atom. The summed E-state index contributed by atoms with van der Waals surface area (Å²) in [5, 5.41) is 2.83. The van der Waals surface area contributed by atoms with Crippen molar-refractivity contribution in [2.45, 2.75) is 26.3 Å². The van der Waals surface area contributed by atoms with Crippen molar-refractivity contribution < 1.29 is 23.2 Å². The number of nitrogens with one attached hydrogen (secondary N) is 1. The number of amides is 3. The molecule has 1 saturated heterocycles. The molecule has 1 aliphatic rings. The van der Waals surface area contributed by atoms with Crippen molar-refractivity contribution in [1.82, 2.24) is 15.1 Å². The van der Waals surface area contributed by atoms with Crippen molar-refractivity contribution >= 4 is 17.7 Å². The number of benzene rings is 2. The minimum absolute atomic E-state index is 0.139. The number of carbonyl (C=O) groups excluding carboxylic acids is 3. The van der Waals surface area contributed by atoms with E-state index in [1.807, 2.05) is 19.9 Å². The molecule has 0 radical (unpaired) electrons. The fraction of sp³-hybridized carbons (Fsp3) is 0.375. The second kappa shape index (κ2) is 10.3. The van der Waals surface area contributed by atoms with E-state index in [1.165, 1.54) is 11.0 Å². The quantitative estimate of drug-likeness (QED) is 0.746. The molecule has 2 aromatic rings. The van der Waals surface area contributed by atoms with Gasteiger partial charge in [0.1, 0.15) is 23.2 Å². The number of piperazine rings is 1. The van der Waals surface area contributed by atoms with Crippen LogP contribution >= 0.6 is 0 Å². The number of hydrogen-bond donors (Lipinski definition) is 1. The van der Waals surface area contributed by atoms with E-state index in [1.54, 1.807) is 29.2 Å². The molecule has 32 heavy (non-hydrogen) atoms. The highest BCUT2D eigenvalue weighted by atomic mass is 19.1. The first-order valence-corrected chi connectivity index (χ1v) is 10.6. The van der Waals surface area contributed by atoms with Crippen molar-refractivity contribution in [2.24, 2.45) is 5.92 Å². The molecule has 1 heterocycles. The number of rotatable bonds is 6. The van der Waals surface area contributed by atoms with Gasteiger partial charge in [-0.1, -0.05) is 50.2 Å². The Kier molecular flexibility index (Phi) is 7.56. The highest BCUT2D eigenvalue weighted by Crippen LogP contribution is 2.20. The van der Waals surface area contributed by atoms with Crippen LogP contribution in [-0.2, 0) is 9.59 Å². The number of carbonyl (C=O) groups is 3. The normalized spacial score (nSPS) is 14.9. The molecule has 0 aliphatic carbocycles. The summed E-state index contributed by atoms with van der Waals surface area (Å²) in [7, 11) is 0. The molecular formula is C24H27F2N3O3. The SMILES string of the molecule is CC(C)CC(=O)NC(C(=O)N1CCN(C(=O)c2c(F)cccc2F)CC1)c1ccccc1. The molecule has 1 atom stereocenters. The fourth-order valence-electron chi connectivity index (χ4n) is 3.70. The van der Waals surface area contributed by atoms with Crippen molar-refractivity contribution in [3.63, 3.8) is 0 Å². The van der Waals surface area contributed by atoms with Gasteiger partial charge in [0, 0.05) is 32.6 Å². The average Bonchev–Trinajstić information content (AvgIpc) is 2.77. The molecule has 1 aliphatic heterocycles. The molecule has 8 heteroatoms. The van der Waals surface area contributed by atoms with E-state index >= 15 is 0 Å². The van der Waals surface area contributed by atoms with Gasteiger partial charge in [0.2, 0.25) is 11.8 Å². The lowest BCUT2D eigenvalue weighted by atomic mass is 10.0. The van der Waals surface area contributed by atoms with Crippen LogP contribution in [0.25, 0.3) is 0 Å². The van der Waals surface area contributed by atoms with E-state index in [4.69, 9.17) is 0 Å². The molecule has 0 aromatic heterocycles. The third-order valence-electron chi connectivity index (χ3n) is 5.33. The van der Waals surface area contributed by atoms with Crippen molar-refractivity contribution in [2.75, 3.05) is 26.2 Å². The van der Waals surface area contributed by atoms with Crippen LogP contribution in [0.1, 0.15) is 42.2 Å². The molecule has 2 aromatic carbocycles. The summed E-state index contributed by atoms with van der Waals surface area (Å²) in [5.74, 6) is -2.91. The highest BCUT2D eigenvalue weighted by Gasteiger charge is 2.32. The van der Waals surface area contributed by atoms with Crippen LogP contribution < -0.4 is 5.32 Å². The third kappa shape index (κ3) is 5.49. The Labute approximate surface area is 186 Å². The molecule has 0 spiro atoms. The summed E-state index contributed by atoms with van der Waals surface area (Å²) in [6.07, 6.45) is 0.299. The number of hydrogen-bond acceptors (Lipinski definition) is 3. The van der Waals surface area contributed by atoms with Crippen LogP contribution in [0, 0.1) is 17.6 Å². The van der Waals surface area contributed by atoms with Gasteiger partial charge in [-0.25, -0.2) is 8.78 Å². The van der Waals surface area contributed by atoms with Gasteiger partial charge in [-0.05, 0) is 23.6 Å². The largest absolute Gasteiger partial charge is 0.341 e. The molecule has 1 unspecified atom stereocenters. The molecule has 1 N–H and O–H groups in total. The maximum absolute atomic E-state index is 14.0. The van der Waals surface area contributed by atoms with Crippen LogP contribution in [0.5, 0.6) is 0 Å². The van der Waals surface area contributed by atoms with Crippen LogP contribution in [0.2, 0.25) is 0 Å². The standard InChI is InChI=1S/C24H27F2N3O3/c1-16(2)15-20(30)27-22(17-7-4-3-5-8-17)24(32)29-13-11-28(12-14-29)23(31)21-18(25)9-6-10-19(21)26/h3-10,16,22H,11-15H2,1-2H3,(H,27,30). The maximum Gasteiger partial charge on any atom is 0.259 e. The minimum atomic E-state index is -0.912. The Bertz CT molecular complexity index is 953. The zero-order chi connectivity index (χ0) is 23.3. The zero-order valence-corrected chi connectivity index (χ0v) is 18.2. The lowest BCUT2D eigenvalue weighted by molar-refractivity contribution is -0.138. The number of halogens is 2. The van der Waals surface area contributed by atoms with E-state index in [0.29, 0.717) is 12.0 Å². The van der Waals surface area contributed by atoms with E-state index in [0.717, 1.165) is 12.1 Å². The first kappa shape index (κ1) is 23.4. The topological polar surface area (TPSA) is 69.7 Å². The summed E-state index contributed by atoms with van der Waals surface area (Å²) < 4.78 is 27.9. The van der Waals surface area contributed by atoms with Gasteiger partial charge in [-0.15, -0.1) is 0 Å². The molecule has 0 bridgehead atoms. The highest BCUT2D eigenvalue weighted by molar-refractivity contribution is 5.95. The zero-order valence-electron chi connectivity index (χ0n) is 18.2. The molecular weight excluding hydrogens is 416 g/mol. The van der Waals surface area contributed by atoms with Gasteiger partial charge in [0.05, 0.1) is 0 Å². The minimum Gasteiger partial charge on any atom is -0.341 e. The Balaban J connectivity index is 1.70. The third-order valence-corrected chi connectivity index (χ3v) is 5.33. The predicted molar refractivity (Wildman–Crippen MR) is 116 cm³/mol. The molecule has 3 rings (SSSR count). The number of nitrogens with zero attached hydrogens (tertiary/aromatic N) is 2. The van der Waals surface area contributed by atoms with Gasteiger partial charge in [0.25, 0.3) is 5.91 Å². The maximum atomic E-state index is 14.0. The Hall–Kier alpha value is -3.29. The summed E-state index contributed by atoms with van der Waals surface area (Å²) in [5.41, 5.74) is 0.0805. The average molecular weight is 443 g/mol. The summed E-state index contributed by atoms with van der Waals surface area (Å²) in [6, 6.07) is 11.4. The molecule has 3 amide bonds. The van der Waals surface area contributed by atoms with Crippen molar-refractivity contribution in [3.05, 3.63) is 71.3 Å². The monoisotopic (exact) mass is 443 g/mol. The van der Waals surface area contributed by atoms with E-state index < -0.39 is 29.1 Å². The smallest absolute Gasteiger partial charge is 0.259 e. The predicted octanol–water partition coefficient (Wildman–Crippen LogP) is 3.15. The Morgan fingerprint density at radius 1 is 0.875 bits per heavy atom. The van der Waals surface area contributed by atoms with Gasteiger partial charge in [-0.2, -0.15) is 0 Å². The fourth-order valence-corrected chi connectivity index (χ4v) is 3.70. The van der Waals surface area contributed by atoms with Crippen LogP contribution in [0.15, 0.2) is 48.5 Å². The van der Waals surface area contributed by atoms with Crippen LogP contribution in [0.3, 0.4) is 0 Å². The first-order chi connectivity index (χ1) is 15.3. The van der Waals surface area contributed by atoms with Crippen molar-refractivity contribution in [3.8, 4) is 0 Å². The summed E-state index contributed by atoms with van der Waals surface area (Å²) in [4.78, 5) is 41.1. The molecule has 1 fully saturated rings. The molecule has 0 saturated carbocycles. The van der Waals surface area contributed by atoms with Crippen molar-refractivity contribution in [1.29, 1.82) is 0 Å². The van der Waals surface area contributed by atoms with Gasteiger partial charge in [0.15, 0.2) is 0 Å². The van der Waals surface area contributed by atoms with Crippen LogP contribution in [-0.4, -0.2) is 53.7 Å².